The van der Waals surface area contributed by atoms with Crippen molar-refractivity contribution in [2.75, 3.05) is 0 Å². The summed E-state index contributed by atoms with van der Waals surface area (Å²) in [6, 6.07) is 18.4. The van der Waals surface area contributed by atoms with Crippen LogP contribution in [-0.4, -0.2) is 26.4 Å². The van der Waals surface area contributed by atoms with Gasteiger partial charge in [-0.05, 0) is 58.6 Å². The second-order valence-corrected chi connectivity index (χ2v) is 23.5. The number of phenolic OH excluding ortho intramolecular Hbond substituents is 2. The summed E-state index contributed by atoms with van der Waals surface area (Å²) in [6.07, 6.45) is 6.97. The SMILES string of the molecule is CC1(CCCc2ccccc2O)CC[Si]1(C)C(C)(C)[Si](C)(C)CCCc1ccccc1O. The second-order valence-electron chi connectivity index (χ2n) is 11.9. The van der Waals surface area contributed by atoms with Crippen LogP contribution in [0.25, 0.3) is 0 Å². The summed E-state index contributed by atoms with van der Waals surface area (Å²) in [5.74, 6) is 0.896. The Balaban J connectivity index is 1.63. The van der Waals surface area contributed by atoms with Gasteiger partial charge in [-0.25, -0.2) is 0 Å². The molecule has 2 nitrogen and oxygen atoms in total. The van der Waals surface area contributed by atoms with Gasteiger partial charge in [0.1, 0.15) is 11.5 Å². The molecule has 1 aliphatic rings. The fourth-order valence-corrected chi connectivity index (χ4v) is 20.3. The highest BCUT2D eigenvalue weighted by molar-refractivity contribution is 7.02. The van der Waals surface area contributed by atoms with Gasteiger partial charge in [0.25, 0.3) is 0 Å². The first-order valence-electron chi connectivity index (χ1n) is 12.5. The van der Waals surface area contributed by atoms with Crippen molar-refractivity contribution in [1.29, 1.82) is 0 Å². The van der Waals surface area contributed by atoms with Crippen molar-refractivity contribution in [3.05, 3.63) is 59.7 Å². The van der Waals surface area contributed by atoms with Crippen LogP contribution >= 0.6 is 0 Å². The van der Waals surface area contributed by atoms with E-state index >= 15 is 0 Å². The standard InChI is InChI=1S/C28H44O2Si2/c1-27(2,31(4,5)21-12-16-24-14-8-10-18-26(24)30)32(6)22-20-28(32,3)19-11-15-23-13-7-9-17-25(23)29/h7-10,13-14,17-18,29-30H,11-12,15-16,19-22H2,1-6H3. The van der Waals surface area contributed by atoms with E-state index in [1.165, 1.54) is 37.8 Å². The van der Waals surface area contributed by atoms with Gasteiger partial charge in [0.05, 0.1) is 16.1 Å². The molecule has 0 bridgehead atoms. The molecule has 0 aliphatic carbocycles. The van der Waals surface area contributed by atoms with Gasteiger partial charge in [-0.3, -0.25) is 0 Å². The lowest BCUT2D eigenvalue weighted by molar-refractivity contribution is 0.418. The number of aryl methyl sites for hydroxylation is 2. The monoisotopic (exact) mass is 468 g/mol. The molecule has 1 heterocycles. The molecule has 4 heteroatoms. The Kier molecular flexibility index (Phi) is 7.36. The second kappa shape index (κ2) is 9.38. The van der Waals surface area contributed by atoms with Crippen molar-refractivity contribution in [2.45, 2.75) is 101 Å². The largest absolute Gasteiger partial charge is 0.508 e. The maximum Gasteiger partial charge on any atom is 0.118 e. The number of aromatic hydroxyl groups is 2. The van der Waals surface area contributed by atoms with Gasteiger partial charge >= 0.3 is 0 Å². The van der Waals surface area contributed by atoms with E-state index in [-0.39, 0.29) is 0 Å². The Bertz CT molecular complexity index is 859. The molecule has 176 valence electrons. The minimum absolute atomic E-state index is 0.448. The molecule has 2 aromatic rings. The van der Waals surface area contributed by atoms with Crippen LogP contribution in [0, 0.1) is 0 Å². The molecule has 2 unspecified atom stereocenters. The first-order valence-corrected chi connectivity index (χ1v) is 18.4. The van der Waals surface area contributed by atoms with Crippen LogP contribution < -0.4 is 0 Å². The molecule has 1 aliphatic heterocycles. The summed E-state index contributed by atoms with van der Waals surface area (Å²) >= 11 is 0. The summed E-state index contributed by atoms with van der Waals surface area (Å²) < 4.78 is 0.473. The smallest absolute Gasteiger partial charge is 0.118 e. The molecule has 0 saturated carbocycles. The van der Waals surface area contributed by atoms with Crippen LogP contribution in [0.1, 0.15) is 57.6 Å². The molecule has 0 radical (unpaired) electrons. The average Bonchev–Trinajstić information content (AvgIpc) is 2.74. The van der Waals surface area contributed by atoms with Gasteiger partial charge in [0.2, 0.25) is 0 Å². The maximum atomic E-state index is 10.1. The molecule has 0 aromatic heterocycles. The third kappa shape index (κ3) is 4.58. The Labute approximate surface area is 198 Å². The topological polar surface area (TPSA) is 40.5 Å². The fourth-order valence-electron chi connectivity index (χ4n) is 6.29. The number of rotatable bonds is 10. The summed E-state index contributed by atoms with van der Waals surface area (Å²) in [6.45, 7) is 15.8. The molecule has 0 amide bonds. The van der Waals surface area contributed by atoms with E-state index in [1.807, 2.05) is 36.4 Å². The molecule has 2 atom stereocenters. The minimum atomic E-state index is -1.47. The molecule has 2 aromatic carbocycles. The van der Waals surface area contributed by atoms with E-state index in [1.54, 1.807) is 0 Å². The molecular formula is C28H44O2Si2. The van der Waals surface area contributed by atoms with E-state index in [2.05, 4.69) is 52.5 Å². The minimum Gasteiger partial charge on any atom is -0.508 e. The highest BCUT2D eigenvalue weighted by Crippen LogP contribution is 2.69. The van der Waals surface area contributed by atoms with Crippen molar-refractivity contribution in [3.8, 4) is 11.5 Å². The normalized spacial score (nSPS) is 23.7. The van der Waals surface area contributed by atoms with Gasteiger partial charge in [-0.1, -0.05) is 102 Å². The van der Waals surface area contributed by atoms with Crippen LogP contribution in [0.3, 0.4) is 0 Å². The summed E-state index contributed by atoms with van der Waals surface area (Å²) in [4.78, 5) is 0. The molecular weight excluding hydrogens is 424 g/mol. The third-order valence-electron chi connectivity index (χ3n) is 9.99. The first kappa shape index (κ1) is 25.1. The molecule has 1 saturated heterocycles. The van der Waals surface area contributed by atoms with Crippen LogP contribution in [0.15, 0.2) is 48.5 Å². The molecule has 32 heavy (non-hydrogen) atoms. The van der Waals surface area contributed by atoms with Gasteiger partial charge in [-0.2, -0.15) is 0 Å². The van der Waals surface area contributed by atoms with Crippen molar-refractivity contribution >= 4 is 16.1 Å². The zero-order valence-corrected chi connectivity index (χ0v) is 23.2. The van der Waals surface area contributed by atoms with E-state index in [9.17, 15) is 10.2 Å². The van der Waals surface area contributed by atoms with Gasteiger partial charge in [-0.15, -0.1) is 0 Å². The van der Waals surface area contributed by atoms with Crippen molar-refractivity contribution in [3.63, 3.8) is 0 Å². The molecule has 0 spiro atoms. The number of hydrogen-bond acceptors (Lipinski definition) is 2. The average molecular weight is 469 g/mol. The van der Waals surface area contributed by atoms with Gasteiger partial charge < -0.3 is 10.2 Å². The van der Waals surface area contributed by atoms with E-state index < -0.39 is 16.1 Å². The zero-order valence-electron chi connectivity index (χ0n) is 21.2. The van der Waals surface area contributed by atoms with Crippen molar-refractivity contribution in [2.24, 2.45) is 0 Å². The maximum absolute atomic E-state index is 10.1. The molecule has 3 rings (SSSR count). The Morgan fingerprint density at radius 3 is 1.88 bits per heavy atom. The Morgan fingerprint density at radius 2 is 1.41 bits per heavy atom. The predicted molar refractivity (Wildman–Crippen MR) is 143 cm³/mol. The first-order chi connectivity index (χ1) is 14.9. The van der Waals surface area contributed by atoms with Crippen LogP contribution in [0.4, 0.5) is 0 Å². The lowest BCUT2D eigenvalue weighted by Gasteiger charge is -2.66. The number of benzene rings is 2. The van der Waals surface area contributed by atoms with E-state index in [0.717, 1.165) is 24.0 Å². The lowest BCUT2D eigenvalue weighted by Crippen LogP contribution is -2.66. The Hall–Kier alpha value is -1.53. The predicted octanol–water partition coefficient (Wildman–Crippen LogP) is 8.32. The lowest BCUT2D eigenvalue weighted by atomic mass is 9.96. The number of hydrogen-bond donors (Lipinski definition) is 2. The highest BCUT2D eigenvalue weighted by atomic mass is 28.4. The zero-order chi connectivity index (χ0) is 23.6. The van der Waals surface area contributed by atoms with Gasteiger partial charge in [0.15, 0.2) is 0 Å². The molecule has 2 N–H and O–H groups in total. The highest BCUT2D eigenvalue weighted by Gasteiger charge is 2.64. The summed E-state index contributed by atoms with van der Waals surface area (Å²) in [7, 11) is -2.92. The number of para-hydroxylation sites is 2. The summed E-state index contributed by atoms with van der Waals surface area (Å²) in [5.41, 5.74) is 2.19. The Morgan fingerprint density at radius 1 is 0.906 bits per heavy atom. The van der Waals surface area contributed by atoms with Crippen LogP contribution in [-0.2, 0) is 12.8 Å². The van der Waals surface area contributed by atoms with Gasteiger partial charge in [0, 0.05) is 0 Å². The van der Waals surface area contributed by atoms with E-state index in [0.29, 0.717) is 21.2 Å². The van der Waals surface area contributed by atoms with Crippen LogP contribution in [0.5, 0.6) is 11.5 Å². The van der Waals surface area contributed by atoms with Crippen molar-refractivity contribution in [1.82, 2.24) is 0 Å². The fraction of sp³-hybridized carbons (Fsp3) is 0.571. The van der Waals surface area contributed by atoms with Crippen molar-refractivity contribution < 1.29 is 10.2 Å². The number of phenols is 2. The quantitative estimate of drug-likeness (QED) is 0.344. The summed E-state index contributed by atoms with van der Waals surface area (Å²) in [5, 5.41) is 20.8. The van der Waals surface area contributed by atoms with E-state index in [4.69, 9.17) is 0 Å². The molecule has 1 fully saturated rings. The van der Waals surface area contributed by atoms with Crippen LogP contribution in [0.2, 0.25) is 41.4 Å². The third-order valence-corrected chi connectivity index (χ3v) is 25.8.